The van der Waals surface area contributed by atoms with E-state index in [4.69, 9.17) is 4.74 Å². The molecule has 0 bridgehead atoms. The van der Waals surface area contributed by atoms with Gasteiger partial charge in [0, 0.05) is 5.41 Å². The molecule has 2 aromatic rings. The third kappa shape index (κ3) is 3.50. The Morgan fingerprint density at radius 3 is 2.09 bits per heavy atom. The van der Waals surface area contributed by atoms with Crippen LogP contribution in [0.15, 0.2) is 60.7 Å². The van der Waals surface area contributed by atoms with E-state index < -0.39 is 6.29 Å². The molecule has 2 heteroatoms. The van der Waals surface area contributed by atoms with Crippen LogP contribution in [-0.4, -0.2) is 11.4 Å². The van der Waals surface area contributed by atoms with Crippen molar-refractivity contribution < 1.29 is 9.84 Å². The van der Waals surface area contributed by atoms with Crippen LogP contribution in [-0.2, 0) is 6.42 Å². The van der Waals surface area contributed by atoms with Gasteiger partial charge in [0.15, 0.2) is 0 Å². The van der Waals surface area contributed by atoms with Crippen LogP contribution in [0.2, 0.25) is 0 Å². The van der Waals surface area contributed by atoms with E-state index in [1.807, 2.05) is 36.4 Å². The van der Waals surface area contributed by atoms with Gasteiger partial charge in [0.2, 0.25) is 6.29 Å². The van der Waals surface area contributed by atoms with E-state index in [0.29, 0.717) is 0 Å². The second kappa shape index (κ2) is 6.97. The molecule has 0 aromatic heterocycles. The summed E-state index contributed by atoms with van der Waals surface area (Å²) in [6.07, 6.45) is 5.77. The molecule has 0 aliphatic heterocycles. The lowest BCUT2D eigenvalue weighted by atomic mass is 9.69. The fourth-order valence-electron chi connectivity index (χ4n) is 3.52. The van der Waals surface area contributed by atoms with Crippen LogP contribution in [0.5, 0.6) is 5.75 Å². The van der Waals surface area contributed by atoms with Crippen LogP contribution in [0.25, 0.3) is 0 Å². The third-order valence-electron chi connectivity index (χ3n) is 4.76. The number of hydrogen-bond acceptors (Lipinski definition) is 2. The van der Waals surface area contributed by atoms with Crippen LogP contribution in [0.3, 0.4) is 0 Å². The van der Waals surface area contributed by atoms with E-state index >= 15 is 0 Å². The van der Waals surface area contributed by atoms with Crippen molar-refractivity contribution in [1.29, 1.82) is 0 Å². The number of aliphatic hydroxyl groups is 1. The van der Waals surface area contributed by atoms with Crippen molar-refractivity contribution >= 4 is 0 Å². The Kier molecular flexibility index (Phi) is 4.79. The van der Waals surface area contributed by atoms with Gasteiger partial charge in [0.05, 0.1) is 0 Å². The van der Waals surface area contributed by atoms with E-state index in [2.05, 4.69) is 24.3 Å². The minimum absolute atomic E-state index is 0.171. The van der Waals surface area contributed by atoms with Gasteiger partial charge in [-0.2, -0.15) is 0 Å². The molecule has 0 radical (unpaired) electrons. The summed E-state index contributed by atoms with van der Waals surface area (Å²) in [6.45, 7) is 0. The maximum absolute atomic E-state index is 10.8. The summed E-state index contributed by atoms with van der Waals surface area (Å²) in [6, 6.07) is 20.1. The molecule has 22 heavy (non-hydrogen) atoms. The Bertz CT molecular complexity index is 559. The Labute approximate surface area is 132 Å². The van der Waals surface area contributed by atoms with Crippen LogP contribution in [0, 0.1) is 5.41 Å². The summed E-state index contributed by atoms with van der Waals surface area (Å²) in [7, 11) is 0. The highest BCUT2D eigenvalue weighted by atomic mass is 16.6. The highest BCUT2D eigenvalue weighted by Crippen LogP contribution is 2.42. The molecule has 1 aliphatic rings. The van der Waals surface area contributed by atoms with Crippen LogP contribution in [0.1, 0.15) is 37.7 Å². The van der Waals surface area contributed by atoms with Gasteiger partial charge in [-0.1, -0.05) is 67.8 Å². The average Bonchev–Trinajstić information content (AvgIpc) is 2.57. The van der Waals surface area contributed by atoms with E-state index in [1.54, 1.807) is 0 Å². The molecule has 0 amide bonds. The zero-order valence-corrected chi connectivity index (χ0v) is 12.9. The molecule has 1 saturated carbocycles. The van der Waals surface area contributed by atoms with E-state index in [1.165, 1.54) is 24.8 Å². The van der Waals surface area contributed by atoms with Gasteiger partial charge in [-0.15, -0.1) is 0 Å². The second-order valence-electron chi connectivity index (χ2n) is 6.37. The van der Waals surface area contributed by atoms with Crippen molar-refractivity contribution in [3.63, 3.8) is 0 Å². The van der Waals surface area contributed by atoms with Gasteiger partial charge in [-0.05, 0) is 37.0 Å². The first-order valence-electron chi connectivity index (χ1n) is 8.22. The molecule has 1 atom stereocenters. The van der Waals surface area contributed by atoms with Crippen LogP contribution >= 0.6 is 0 Å². The molecular formula is C20H24O2. The molecule has 1 aliphatic carbocycles. The predicted octanol–water partition coefficient (Wildman–Crippen LogP) is 4.58. The first-order chi connectivity index (χ1) is 10.8. The Morgan fingerprint density at radius 1 is 0.864 bits per heavy atom. The molecule has 1 fully saturated rings. The lowest BCUT2D eigenvalue weighted by Crippen LogP contribution is -2.42. The Hall–Kier alpha value is -1.80. The predicted molar refractivity (Wildman–Crippen MR) is 88.7 cm³/mol. The lowest BCUT2D eigenvalue weighted by molar-refractivity contribution is -0.130. The summed E-state index contributed by atoms with van der Waals surface area (Å²) in [4.78, 5) is 0. The number of para-hydroxylation sites is 1. The first kappa shape index (κ1) is 15.1. The van der Waals surface area contributed by atoms with Crippen molar-refractivity contribution in [1.82, 2.24) is 0 Å². The number of rotatable bonds is 5. The minimum Gasteiger partial charge on any atom is -0.465 e. The molecule has 3 rings (SSSR count). The van der Waals surface area contributed by atoms with Crippen molar-refractivity contribution in [2.24, 2.45) is 5.41 Å². The van der Waals surface area contributed by atoms with Crippen molar-refractivity contribution in [3.8, 4) is 5.75 Å². The van der Waals surface area contributed by atoms with Crippen molar-refractivity contribution in [2.45, 2.75) is 44.8 Å². The Balaban J connectivity index is 1.79. The molecule has 2 aromatic carbocycles. The SMILES string of the molecule is OC(Oc1ccccc1)C1(Cc2ccccc2)CCCCC1. The number of ether oxygens (including phenoxy) is 1. The molecule has 1 N–H and O–H groups in total. The average molecular weight is 296 g/mol. The molecular weight excluding hydrogens is 272 g/mol. The Morgan fingerprint density at radius 2 is 1.45 bits per heavy atom. The zero-order chi connectivity index (χ0) is 15.3. The number of hydrogen-bond donors (Lipinski definition) is 1. The minimum atomic E-state index is -0.754. The summed E-state index contributed by atoms with van der Waals surface area (Å²) < 4.78 is 5.88. The van der Waals surface area contributed by atoms with Gasteiger partial charge in [0.25, 0.3) is 0 Å². The van der Waals surface area contributed by atoms with E-state index in [-0.39, 0.29) is 5.41 Å². The quantitative estimate of drug-likeness (QED) is 0.819. The van der Waals surface area contributed by atoms with Gasteiger partial charge < -0.3 is 9.84 Å². The molecule has 2 nitrogen and oxygen atoms in total. The fraction of sp³-hybridized carbons (Fsp3) is 0.400. The second-order valence-corrected chi connectivity index (χ2v) is 6.37. The lowest BCUT2D eigenvalue weighted by Gasteiger charge is -2.40. The summed E-state index contributed by atoms with van der Waals surface area (Å²) in [5, 5.41) is 10.8. The number of benzene rings is 2. The molecule has 0 spiro atoms. The van der Waals surface area contributed by atoms with Crippen molar-refractivity contribution in [2.75, 3.05) is 0 Å². The fourth-order valence-corrected chi connectivity index (χ4v) is 3.52. The smallest absolute Gasteiger partial charge is 0.203 e. The van der Waals surface area contributed by atoms with E-state index in [9.17, 15) is 5.11 Å². The summed E-state index contributed by atoms with van der Waals surface area (Å²) in [5.74, 6) is 0.744. The largest absolute Gasteiger partial charge is 0.465 e. The monoisotopic (exact) mass is 296 g/mol. The molecule has 116 valence electrons. The summed E-state index contributed by atoms with van der Waals surface area (Å²) >= 11 is 0. The maximum atomic E-state index is 10.8. The van der Waals surface area contributed by atoms with E-state index in [0.717, 1.165) is 25.0 Å². The van der Waals surface area contributed by atoms with Crippen molar-refractivity contribution in [3.05, 3.63) is 66.2 Å². The van der Waals surface area contributed by atoms with Gasteiger partial charge in [-0.25, -0.2) is 0 Å². The molecule has 0 heterocycles. The highest BCUT2D eigenvalue weighted by molar-refractivity contribution is 5.22. The molecule has 1 unspecified atom stereocenters. The normalized spacial score (nSPS) is 18.6. The van der Waals surface area contributed by atoms with Gasteiger partial charge >= 0.3 is 0 Å². The topological polar surface area (TPSA) is 29.5 Å². The number of aliphatic hydroxyl groups excluding tert-OH is 1. The first-order valence-corrected chi connectivity index (χ1v) is 8.22. The van der Waals surface area contributed by atoms with Gasteiger partial charge in [-0.3, -0.25) is 0 Å². The zero-order valence-electron chi connectivity index (χ0n) is 12.9. The molecule has 0 saturated heterocycles. The standard InChI is InChI=1S/C20H24O2/c21-19(22-18-12-6-2-7-13-18)20(14-8-3-9-15-20)16-17-10-4-1-5-11-17/h1-2,4-7,10-13,19,21H,3,8-9,14-16H2. The highest BCUT2D eigenvalue weighted by Gasteiger charge is 2.40. The summed E-state index contributed by atoms with van der Waals surface area (Å²) in [5.41, 5.74) is 1.11. The van der Waals surface area contributed by atoms with Gasteiger partial charge in [0.1, 0.15) is 5.75 Å². The van der Waals surface area contributed by atoms with Crippen LogP contribution in [0.4, 0.5) is 0 Å². The maximum Gasteiger partial charge on any atom is 0.203 e. The van der Waals surface area contributed by atoms with Crippen LogP contribution < -0.4 is 4.74 Å². The third-order valence-corrected chi connectivity index (χ3v) is 4.76.